The SMILES string of the molecule is CC[C@@H]([NH2+]CC(=O)Nc1cc(C(C)(C)C)no1)c1ccc(Br)cc1. The zero-order valence-electron chi connectivity index (χ0n) is 14.6. The number of hydrogen-bond donors (Lipinski definition) is 2. The van der Waals surface area contributed by atoms with Crippen LogP contribution in [0.3, 0.4) is 0 Å². The summed E-state index contributed by atoms with van der Waals surface area (Å²) in [5, 5.41) is 8.81. The number of nitrogens with one attached hydrogen (secondary N) is 1. The second kappa shape index (κ2) is 7.94. The van der Waals surface area contributed by atoms with Crippen LogP contribution in [0, 0.1) is 0 Å². The van der Waals surface area contributed by atoms with Crippen molar-refractivity contribution in [2.24, 2.45) is 0 Å². The van der Waals surface area contributed by atoms with Crippen molar-refractivity contribution in [3.63, 3.8) is 0 Å². The number of quaternary nitrogens is 1. The van der Waals surface area contributed by atoms with Gasteiger partial charge < -0.3 is 9.84 Å². The number of carbonyl (C=O) groups excluding carboxylic acids is 1. The fraction of sp³-hybridized carbons (Fsp3) is 0.444. The van der Waals surface area contributed by atoms with Crippen LogP contribution in [0.1, 0.15) is 51.4 Å². The summed E-state index contributed by atoms with van der Waals surface area (Å²) in [5.41, 5.74) is 1.93. The fourth-order valence-electron chi connectivity index (χ4n) is 2.37. The molecule has 0 aliphatic rings. The molecule has 1 heterocycles. The summed E-state index contributed by atoms with van der Waals surface area (Å²) in [6.45, 7) is 8.60. The largest absolute Gasteiger partial charge is 0.338 e. The molecule has 6 heteroatoms. The van der Waals surface area contributed by atoms with Crippen LogP contribution in [0.25, 0.3) is 0 Å². The van der Waals surface area contributed by atoms with Gasteiger partial charge in [0.25, 0.3) is 5.91 Å². The van der Waals surface area contributed by atoms with E-state index in [9.17, 15) is 4.79 Å². The van der Waals surface area contributed by atoms with Crippen molar-refractivity contribution in [3.8, 4) is 0 Å². The highest BCUT2D eigenvalue weighted by atomic mass is 79.9. The quantitative estimate of drug-likeness (QED) is 0.788. The average Bonchev–Trinajstić information content (AvgIpc) is 2.98. The Morgan fingerprint density at radius 3 is 2.54 bits per heavy atom. The maximum atomic E-state index is 12.1. The first-order valence-electron chi connectivity index (χ1n) is 8.15. The van der Waals surface area contributed by atoms with E-state index in [1.54, 1.807) is 6.07 Å². The summed E-state index contributed by atoms with van der Waals surface area (Å²) in [5.74, 6) is 0.303. The lowest BCUT2D eigenvalue weighted by Gasteiger charge is -2.14. The fourth-order valence-corrected chi connectivity index (χ4v) is 2.64. The van der Waals surface area contributed by atoms with Crippen LogP contribution in [-0.4, -0.2) is 17.6 Å². The molecule has 0 aliphatic carbocycles. The first-order valence-corrected chi connectivity index (χ1v) is 8.94. The highest BCUT2D eigenvalue weighted by molar-refractivity contribution is 9.10. The molecule has 0 aliphatic heterocycles. The van der Waals surface area contributed by atoms with E-state index in [4.69, 9.17) is 4.52 Å². The van der Waals surface area contributed by atoms with Crippen LogP contribution in [0.15, 0.2) is 39.3 Å². The summed E-state index contributed by atoms with van der Waals surface area (Å²) < 4.78 is 6.25. The smallest absolute Gasteiger partial charge is 0.281 e. The van der Waals surface area contributed by atoms with Gasteiger partial charge in [-0.1, -0.05) is 60.9 Å². The Morgan fingerprint density at radius 1 is 1.33 bits per heavy atom. The molecule has 1 aromatic carbocycles. The highest BCUT2D eigenvalue weighted by Crippen LogP contribution is 2.23. The molecule has 2 aromatic rings. The maximum absolute atomic E-state index is 12.1. The molecule has 0 saturated carbocycles. The number of aromatic nitrogens is 1. The predicted molar refractivity (Wildman–Crippen MR) is 97.8 cm³/mol. The molecule has 0 saturated heterocycles. The van der Waals surface area contributed by atoms with E-state index in [1.807, 2.05) is 38.2 Å². The Bertz CT molecular complexity index is 674. The average molecular weight is 395 g/mol. The summed E-state index contributed by atoms with van der Waals surface area (Å²) >= 11 is 3.44. The molecule has 1 atom stereocenters. The number of benzene rings is 1. The van der Waals surface area contributed by atoms with E-state index in [2.05, 4.69) is 45.5 Å². The monoisotopic (exact) mass is 394 g/mol. The minimum Gasteiger partial charge on any atom is -0.338 e. The highest BCUT2D eigenvalue weighted by Gasteiger charge is 2.20. The van der Waals surface area contributed by atoms with Crippen molar-refractivity contribution >= 4 is 27.7 Å². The van der Waals surface area contributed by atoms with Gasteiger partial charge in [-0.2, -0.15) is 0 Å². The molecule has 1 amide bonds. The third-order valence-electron chi connectivity index (χ3n) is 3.87. The van der Waals surface area contributed by atoms with Crippen molar-refractivity contribution in [2.45, 2.75) is 45.6 Å². The summed E-state index contributed by atoms with van der Waals surface area (Å²) in [6, 6.07) is 10.2. The molecule has 0 unspecified atom stereocenters. The van der Waals surface area contributed by atoms with E-state index in [0.29, 0.717) is 12.4 Å². The third kappa shape index (κ3) is 5.18. The minimum atomic E-state index is -0.104. The van der Waals surface area contributed by atoms with Gasteiger partial charge in [0, 0.05) is 27.9 Å². The molecule has 0 fully saturated rings. The summed E-state index contributed by atoms with van der Waals surface area (Å²) in [6.07, 6.45) is 0.950. The number of halogens is 1. The van der Waals surface area contributed by atoms with Gasteiger partial charge in [-0.3, -0.25) is 10.1 Å². The number of nitrogens with zero attached hydrogens (tertiary/aromatic N) is 1. The van der Waals surface area contributed by atoms with Gasteiger partial charge in [-0.05, 0) is 12.1 Å². The lowest BCUT2D eigenvalue weighted by molar-refractivity contribution is -0.686. The van der Waals surface area contributed by atoms with Gasteiger partial charge in [-0.25, -0.2) is 0 Å². The first-order chi connectivity index (χ1) is 11.3. The minimum absolute atomic E-state index is 0.0952. The number of hydrogen-bond acceptors (Lipinski definition) is 3. The standard InChI is InChI=1S/C18H24BrN3O2/c1-5-14(12-6-8-13(19)9-7-12)20-11-16(23)21-17-10-15(22-24-17)18(2,3)4/h6-10,14,20H,5,11H2,1-4H3,(H,21,23)/p+1/t14-/m1/s1. The van der Waals surface area contributed by atoms with Gasteiger partial charge >= 0.3 is 0 Å². The topological polar surface area (TPSA) is 71.7 Å². The van der Waals surface area contributed by atoms with Crippen molar-refractivity contribution in [3.05, 3.63) is 46.1 Å². The molecule has 3 N–H and O–H groups in total. The number of amides is 1. The Hall–Kier alpha value is -1.66. The number of nitrogens with two attached hydrogens (primary N) is 1. The Kier molecular flexibility index (Phi) is 6.18. The normalized spacial score (nSPS) is 12.9. The van der Waals surface area contributed by atoms with Crippen LogP contribution < -0.4 is 10.6 Å². The second-order valence-corrected chi connectivity index (χ2v) is 7.80. The van der Waals surface area contributed by atoms with Crippen molar-refractivity contribution in [1.29, 1.82) is 0 Å². The summed E-state index contributed by atoms with van der Waals surface area (Å²) in [7, 11) is 0. The molecular weight excluding hydrogens is 370 g/mol. The molecule has 2 rings (SSSR count). The van der Waals surface area contributed by atoms with Gasteiger partial charge in [0.1, 0.15) is 6.04 Å². The van der Waals surface area contributed by atoms with Gasteiger partial charge in [-0.15, -0.1) is 0 Å². The lowest BCUT2D eigenvalue weighted by Crippen LogP contribution is -2.87. The molecule has 1 aromatic heterocycles. The van der Waals surface area contributed by atoms with Crippen LogP contribution in [0.2, 0.25) is 0 Å². The number of rotatable bonds is 6. The lowest BCUT2D eigenvalue weighted by atomic mass is 9.92. The molecular formula is C18H25BrN3O2+. The van der Waals surface area contributed by atoms with E-state index in [1.165, 1.54) is 5.56 Å². The van der Waals surface area contributed by atoms with Gasteiger partial charge in [0.05, 0.1) is 5.69 Å². The number of anilines is 1. The van der Waals surface area contributed by atoms with E-state index in [0.717, 1.165) is 16.6 Å². The molecule has 24 heavy (non-hydrogen) atoms. The van der Waals surface area contributed by atoms with Crippen LogP contribution >= 0.6 is 15.9 Å². The number of carbonyl (C=O) groups is 1. The van der Waals surface area contributed by atoms with Crippen LogP contribution in [0.5, 0.6) is 0 Å². The maximum Gasteiger partial charge on any atom is 0.281 e. The van der Waals surface area contributed by atoms with E-state index in [-0.39, 0.29) is 17.4 Å². The Morgan fingerprint density at radius 2 is 2.00 bits per heavy atom. The van der Waals surface area contributed by atoms with Crippen LogP contribution in [-0.2, 0) is 10.2 Å². The molecule has 0 radical (unpaired) electrons. The second-order valence-electron chi connectivity index (χ2n) is 6.88. The van der Waals surface area contributed by atoms with Crippen LogP contribution in [0.4, 0.5) is 5.88 Å². The van der Waals surface area contributed by atoms with E-state index >= 15 is 0 Å². The first kappa shape index (κ1) is 18.7. The van der Waals surface area contributed by atoms with Crippen molar-refractivity contribution < 1.29 is 14.6 Å². The van der Waals surface area contributed by atoms with Gasteiger partial charge in [0.2, 0.25) is 5.88 Å². The summed E-state index contributed by atoms with van der Waals surface area (Å²) in [4.78, 5) is 12.1. The Balaban J connectivity index is 1.90. The zero-order valence-corrected chi connectivity index (χ0v) is 16.2. The molecule has 0 spiro atoms. The third-order valence-corrected chi connectivity index (χ3v) is 4.40. The van der Waals surface area contributed by atoms with Crippen molar-refractivity contribution in [1.82, 2.24) is 5.16 Å². The molecule has 130 valence electrons. The Labute approximate surface area is 151 Å². The predicted octanol–water partition coefficient (Wildman–Crippen LogP) is 3.39. The van der Waals surface area contributed by atoms with E-state index < -0.39 is 0 Å². The zero-order chi connectivity index (χ0) is 17.7. The van der Waals surface area contributed by atoms with Crippen molar-refractivity contribution in [2.75, 3.05) is 11.9 Å². The van der Waals surface area contributed by atoms with Gasteiger partial charge in [0.15, 0.2) is 6.54 Å². The molecule has 0 bridgehead atoms. The molecule has 5 nitrogen and oxygen atoms in total.